The topological polar surface area (TPSA) is 52.4 Å². The van der Waals surface area contributed by atoms with Gasteiger partial charge in [0.15, 0.2) is 11.5 Å². The molecule has 1 aromatic rings. The van der Waals surface area contributed by atoms with Gasteiger partial charge in [-0.2, -0.15) is 0 Å². The summed E-state index contributed by atoms with van der Waals surface area (Å²) in [4.78, 5) is 16.6. The highest BCUT2D eigenvalue weighted by Gasteiger charge is 2.32. The number of carbonyl (C=O) groups is 1. The molecule has 1 aromatic carbocycles. The minimum atomic E-state index is 0.146. The van der Waals surface area contributed by atoms with Crippen LogP contribution in [0.3, 0.4) is 0 Å². The summed E-state index contributed by atoms with van der Waals surface area (Å²) in [5.74, 6) is 2.56. The summed E-state index contributed by atoms with van der Waals surface area (Å²) in [5.41, 5.74) is 1.10. The van der Waals surface area contributed by atoms with Crippen LogP contribution in [0.5, 0.6) is 17.2 Å². The fraction of sp³-hybridized carbons (Fsp3) is 0.682. The highest BCUT2D eigenvalue weighted by atomic mass is 16.5. The van der Waals surface area contributed by atoms with Gasteiger partial charge in [-0.05, 0) is 37.8 Å². The summed E-state index contributed by atoms with van der Waals surface area (Å²) in [5, 5.41) is 0. The number of hydrogen-bond acceptors (Lipinski definition) is 4. The Labute approximate surface area is 168 Å². The standard InChI is InChI=1S/C22H34N2O4/c1-26-19-11-10-17(20(27-2)21(19)28-3)15-23-12-8-9-18(16-23)22(25)24-13-6-4-5-7-14-24/h10-11,18H,4-9,12-16H2,1-3H3/p+1/t18-/m1/s1. The van der Waals surface area contributed by atoms with Crippen LogP contribution >= 0.6 is 0 Å². The number of benzene rings is 1. The Bertz CT molecular complexity index is 656. The van der Waals surface area contributed by atoms with E-state index in [1.807, 2.05) is 12.1 Å². The highest BCUT2D eigenvalue weighted by molar-refractivity contribution is 5.79. The van der Waals surface area contributed by atoms with Gasteiger partial charge in [-0.15, -0.1) is 0 Å². The minimum absolute atomic E-state index is 0.146. The van der Waals surface area contributed by atoms with Crippen molar-refractivity contribution < 1.29 is 23.9 Å². The molecule has 6 nitrogen and oxygen atoms in total. The van der Waals surface area contributed by atoms with Crippen molar-refractivity contribution in [3.8, 4) is 17.2 Å². The molecular formula is C22H35N2O4+. The van der Waals surface area contributed by atoms with E-state index >= 15 is 0 Å². The van der Waals surface area contributed by atoms with E-state index in [1.54, 1.807) is 21.3 Å². The lowest BCUT2D eigenvalue weighted by Crippen LogP contribution is -3.12. The van der Waals surface area contributed by atoms with Crippen LogP contribution in [0.15, 0.2) is 12.1 Å². The van der Waals surface area contributed by atoms with E-state index in [9.17, 15) is 4.79 Å². The molecule has 1 unspecified atom stereocenters. The second-order valence-corrected chi connectivity index (χ2v) is 7.95. The first-order valence-corrected chi connectivity index (χ1v) is 10.6. The third kappa shape index (κ3) is 4.72. The molecule has 2 heterocycles. The molecule has 1 N–H and O–H groups in total. The number of carbonyl (C=O) groups excluding carboxylic acids is 1. The molecule has 2 aliphatic heterocycles. The quantitative estimate of drug-likeness (QED) is 0.805. The van der Waals surface area contributed by atoms with Crippen molar-refractivity contribution in [1.29, 1.82) is 0 Å². The molecule has 0 aromatic heterocycles. The van der Waals surface area contributed by atoms with Crippen LogP contribution in [0, 0.1) is 5.92 Å². The number of nitrogens with one attached hydrogen (secondary N) is 1. The molecule has 28 heavy (non-hydrogen) atoms. The van der Waals surface area contributed by atoms with E-state index in [1.165, 1.54) is 17.7 Å². The highest BCUT2D eigenvalue weighted by Crippen LogP contribution is 2.39. The third-order valence-corrected chi connectivity index (χ3v) is 6.11. The van der Waals surface area contributed by atoms with E-state index in [4.69, 9.17) is 14.2 Å². The first-order chi connectivity index (χ1) is 13.7. The second kappa shape index (κ2) is 10.0. The molecular weight excluding hydrogens is 356 g/mol. The maximum atomic E-state index is 13.1. The number of ether oxygens (including phenoxy) is 3. The zero-order chi connectivity index (χ0) is 19.9. The zero-order valence-corrected chi connectivity index (χ0v) is 17.6. The van der Waals surface area contributed by atoms with Crippen LogP contribution in [0.1, 0.15) is 44.1 Å². The van der Waals surface area contributed by atoms with E-state index < -0.39 is 0 Å². The van der Waals surface area contributed by atoms with E-state index in [0.717, 1.165) is 69.7 Å². The number of nitrogens with zero attached hydrogens (tertiary/aromatic N) is 1. The van der Waals surface area contributed by atoms with E-state index in [2.05, 4.69) is 4.90 Å². The Morgan fingerprint density at radius 1 is 1.00 bits per heavy atom. The first-order valence-electron chi connectivity index (χ1n) is 10.6. The minimum Gasteiger partial charge on any atom is -0.493 e. The summed E-state index contributed by atoms with van der Waals surface area (Å²) in [7, 11) is 4.93. The molecule has 0 radical (unpaired) electrons. The Hall–Kier alpha value is -1.95. The molecule has 6 heteroatoms. The van der Waals surface area contributed by atoms with Crippen molar-refractivity contribution in [2.45, 2.75) is 45.1 Å². The van der Waals surface area contributed by atoms with Gasteiger partial charge in [0.2, 0.25) is 11.7 Å². The fourth-order valence-corrected chi connectivity index (χ4v) is 4.64. The monoisotopic (exact) mass is 391 g/mol. The average Bonchev–Trinajstić information content (AvgIpc) is 3.02. The van der Waals surface area contributed by atoms with E-state index in [0.29, 0.717) is 17.4 Å². The van der Waals surface area contributed by atoms with Gasteiger partial charge in [0.1, 0.15) is 6.54 Å². The van der Waals surface area contributed by atoms with Crippen LogP contribution in [0.2, 0.25) is 0 Å². The Kier molecular flexibility index (Phi) is 7.43. The normalized spacial score (nSPS) is 23.0. The smallest absolute Gasteiger partial charge is 0.231 e. The molecule has 0 bridgehead atoms. The van der Waals surface area contributed by atoms with Gasteiger partial charge in [0.25, 0.3) is 0 Å². The van der Waals surface area contributed by atoms with E-state index in [-0.39, 0.29) is 5.92 Å². The van der Waals surface area contributed by atoms with Crippen molar-refractivity contribution in [2.75, 3.05) is 47.5 Å². The maximum Gasteiger partial charge on any atom is 0.231 e. The predicted octanol–water partition coefficient (Wildman–Crippen LogP) is 1.91. The summed E-state index contributed by atoms with van der Waals surface area (Å²) in [6.07, 6.45) is 6.92. The molecule has 3 rings (SSSR count). The lowest BCUT2D eigenvalue weighted by Gasteiger charge is -2.33. The van der Waals surface area contributed by atoms with Crippen LogP contribution < -0.4 is 19.1 Å². The van der Waals surface area contributed by atoms with Gasteiger partial charge in [0, 0.05) is 13.1 Å². The maximum absolute atomic E-state index is 13.1. The van der Waals surface area contributed by atoms with Gasteiger partial charge in [-0.25, -0.2) is 0 Å². The molecule has 2 fully saturated rings. The summed E-state index contributed by atoms with van der Waals surface area (Å²) in [6.45, 7) is 4.68. The second-order valence-electron chi connectivity index (χ2n) is 7.95. The van der Waals surface area contributed by atoms with Crippen molar-refractivity contribution >= 4 is 5.91 Å². The van der Waals surface area contributed by atoms with Crippen LogP contribution in [-0.4, -0.2) is 58.3 Å². The average molecular weight is 392 g/mol. The van der Waals surface area contributed by atoms with Gasteiger partial charge >= 0.3 is 0 Å². The number of amides is 1. The summed E-state index contributed by atoms with van der Waals surface area (Å²) >= 11 is 0. The summed E-state index contributed by atoms with van der Waals surface area (Å²) in [6, 6.07) is 3.98. The Morgan fingerprint density at radius 2 is 1.71 bits per heavy atom. The van der Waals surface area contributed by atoms with Crippen molar-refractivity contribution in [2.24, 2.45) is 5.92 Å². The van der Waals surface area contributed by atoms with Gasteiger partial charge in [0.05, 0.1) is 45.9 Å². The molecule has 2 saturated heterocycles. The fourth-order valence-electron chi connectivity index (χ4n) is 4.64. The number of rotatable bonds is 6. The number of quaternary nitrogens is 1. The van der Waals surface area contributed by atoms with Crippen LogP contribution in [-0.2, 0) is 11.3 Å². The van der Waals surface area contributed by atoms with Gasteiger partial charge in [-0.1, -0.05) is 12.8 Å². The third-order valence-electron chi connectivity index (χ3n) is 6.11. The SMILES string of the molecule is COc1ccc(C[NH+]2CCC[C@@H](C(=O)N3CCCCCC3)C2)c(OC)c1OC. The number of hydrogen-bond donors (Lipinski definition) is 1. The van der Waals surface area contributed by atoms with Crippen molar-refractivity contribution in [1.82, 2.24) is 4.90 Å². The summed E-state index contributed by atoms with van der Waals surface area (Å²) < 4.78 is 16.5. The van der Waals surface area contributed by atoms with Crippen molar-refractivity contribution in [3.05, 3.63) is 17.7 Å². The van der Waals surface area contributed by atoms with Crippen LogP contribution in [0.4, 0.5) is 0 Å². The van der Waals surface area contributed by atoms with Gasteiger partial charge < -0.3 is 24.0 Å². The molecule has 156 valence electrons. The lowest BCUT2D eigenvalue weighted by molar-refractivity contribution is -0.921. The number of likely N-dealkylation sites (tertiary alicyclic amines) is 2. The molecule has 2 atom stereocenters. The molecule has 2 aliphatic rings. The lowest BCUT2D eigenvalue weighted by atomic mass is 9.95. The largest absolute Gasteiger partial charge is 0.493 e. The molecule has 0 saturated carbocycles. The molecule has 1 amide bonds. The molecule has 0 spiro atoms. The number of methoxy groups -OCH3 is 3. The Morgan fingerprint density at radius 3 is 2.36 bits per heavy atom. The predicted molar refractivity (Wildman–Crippen MR) is 108 cm³/mol. The zero-order valence-electron chi connectivity index (χ0n) is 17.6. The van der Waals surface area contributed by atoms with Crippen molar-refractivity contribution in [3.63, 3.8) is 0 Å². The molecule has 0 aliphatic carbocycles. The number of piperidine rings is 1. The van der Waals surface area contributed by atoms with Crippen LogP contribution in [0.25, 0.3) is 0 Å². The van der Waals surface area contributed by atoms with Gasteiger partial charge in [-0.3, -0.25) is 4.79 Å². The Balaban J connectivity index is 1.69. The first kappa shape index (κ1) is 20.8.